The van der Waals surface area contributed by atoms with Gasteiger partial charge in [-0.1, -0.05) is 6.42 Å². The fourth-order valence-electron chi connectivity index (χ4n) is 1.60. The zero-order valence-corrected chi connectivity index (χ0v) is 7.87. The standard InChI is InChI=1S/C7H15NO3S/c9-5-7-3-1-2-4-8(7)6-12(10)11/h7,9,12H,1-6H2. The summed E-state index contributed by atoms with van der Waals surface area (Å²) in [5.74, 6) is 0.0978. The number of hydrogen-bond donors (Lipinski definition) is 2. The summed E-state index contributed by atoms with van der Waals surface area (Å²) in [4.78, 5) is 1.84. The number of rotatable bonds is 3. The van der Waals surface area contributed by atoms with E-state index in [-0.39, 0.29) is 18.5 Å². The molecule has 0 aromatic heterocycles. The molecule has 1 saturated heterocycles. The molecule has 1 rings (SSSR count). The fraction of sp³-hybridized carbons (Fsp3) is 1.00. The minimum Gasteiger partial charge on any atom is -0.395 e. The summed E-state index contributed by atoms with van der Waals surface area (Å²) >= 11 is 0. The molecule has 1 unspecified atom stereocenters. The van der Waals surface area contributed by atoms with E-state index in [1.54, 1.807) is 0 Å². The van der Waals surface area contributed by atoms with Gasteiger partial charge in [-0.15, -0.1) is 0 Å². The van der Waals surface area contributed by atoms with Crippen LogP contribution in [0.4, 0.5) is 0 Å². The molecule has 1 aliphatic rings. The summed E-state index contributed by atoms with van der Waals surface area (Å²) in [5.41, 5.74) is 0. The molecule has 0 radical (unpaired) electrons. The first-order valence-electron chi connectivity index (χ1n) is 4.20. The van der Waals surface area contributed by atoms with Gasteiger partial charge in [-0.3, -0.25) is 4.90 Å². The Morgan fingerprint density at radius 1 is 1.42 bits per heavy atom. The Balaban J connectivity index is 2.46. The maximum absolute atomic E-state index is 10.4. The first kappa shape index (κ1) is 9.95. The second-order valence-electron chi connectivity index (χ2n) is 3.12. The zero-order chi connectivity index (χ0) is 8.97. The smallest absolute Gasteiger partial charge is 0.153 e. The quantitative estimate of drug-likeness (QED) is 0.588. The van der Waals surface area contributed by atoms with E-state index >= 15 is 0 Å². The highest BCUT2D eigenvalue weighted by Crippen LogP contribution is 2.15. The van der Waals surface area contributed by atoms with Gasteiger partial charge >= 0.3 is 0 Å². The first-order valence-corrected chi connectivity index (χ1v) is 5.57. The third kappa shape index (κ3) is 2.73. The van der Waals surface area contributed by atoms with Gasteiger partial charge in [-0.25, -0.2) is 8.42 Å². The predicted octanol–water partition coefficient (Wildman–Crippen LogP) is -0.598. The highest BCUT2D eigenvalue weighted by molar-refractivity contribution is 7.72. The first-order chi connectivity index (χ1) is 5.74. The molecule has 0 aromatic carbocycles. The van der Waals surface area contributed by atoms with Crippen LogP contribution in [-0.4, -0.2) is 43.5 Å². The third-order valence-corrected chi connectivity index (χ3v) is 2.85. The summed E-state index contributed by atoms with van der Waals surface area (Å²) in [6.45, 7) is 0.873. The Labute approximate surface area is 74.1 Å². The summed E-state index contributed by atoms with van der Waals surface area (Å²) in [6.07, 6.45) is 3.05. The van der Waals surface area contributed by atoms with Crippen molar-refractivity contribution in [2.75, 3.05) is 19.0 Å². The van der Waals surface area contributed by atoms with Gasteiger partial charge < -0.3 is 5.11 Å². The topological polar surface area (TPSA) is 57.6 Å². The second kappa shape index (κ2) is 4.79. The Morgan fingerprint density at radius 3 is 2.75 bits per heavy atom. The minimum atomic E-state index is -2.34. The number of thiol groups is 1. The molecular weight excluding hydrogens is 178 g/mol. The number of likely N-dealkylation sites (tertiary alicyclic amines) is 1. The maximum Gasteiger partial charge on any atom is 0.153 e. The molecule has 1 atom stereocenters. The van der Waals surface area contributed by atoms with E-state index in [1.165, 1.54) is 0 Å². The zero-order valence-electron chi connectivity index (χ0n) is 6.98. The minimum absolute atomic E-state index is 0.0617. The molecule has 0 amide bonds. The van der Waals surface area contributed by atoms with Crippen LogP contribution in [0.15, 0.2) is 0 Å². The van der Waals surface area contributed by atoms with E-state index in [2.05, 4.69) is 0 Å². The van der Waals surface area contributed by atoms with Gasteiger partial charge in [0.05, 0.1) is 12.5 Å². The van der Waals surface area contributed by atoms with Gasteiger partial charge in [-0.2, -0.15) is 0 Å². The van der Waals surface area contributed by atoms with Crippen molar-refractivity contribution in [3.63, 3.8) is 0 Å². The Hall–Kier alpha value is -0.130. The van der Waals surface area contributed by atoms with Crippen LogP contribution in [0.1, 0.15) is 19.3 Å². The van der Waals surface area contributed by atoms with Crippen molar-refractivity contribution in [3.05, 3.63) is 0 Å². The van der Waals surface area contributed by atoms with Gasteiger partial charge in [0.2, 0.25) is 0 Å². The molecule has 0 bridgehead atoms. The summed E-state index contributed by atoms with van der Waals surface area (Å²) in [6, 6.07) is 0.0617. The monoisotopic (exact) mass is 193 g/mol. The van der Waals surface area contributed by atoms with Crippen molar-refractivity contribution in [2.45, 2.75) is 25.3 Å². The van der Waals surface area contributed by atoms with Gasteiger partial charge in [0, 0.05) is 6.04 Å². The number of aliphatic hydroxyl groups is 1. The second-order valence-corrected chi connectivity index (χ2v) is 4.07. The maximum atomic E-state index is 10.4. The Kier molecular flexibility index (Phi) is 3.97. The van der Waals surface area contributed by atoms with E-state index in [4.69, 9.17) is 5.11 Å². The molecule has 0 spiro atoms. The van der Waals surface area contributed by atoms with Crippen LogP contribution in [-0.2, 0) is 10.7 Å². The molecule has 1 N–H and O–H groups in total. The molecule has 72 valence electrons. The van der Waals surface area contributed by atoms with Crippen molar-refractivity contribution >= 4 is 10.7 Å². The van der Waals surface area contributed by atoms with Crippen LogP contribution >= 0.6 is 0 Å². The van der Waals surface area contributed by atoms with Gasteiger partial charge in [-0.05, 0) is 19.4 Å². The van der Waals surface area contributed by atoms with E-state index in [0.717, 1.165) is 25.8 Å². The molecule has 0 aliphatic carbocycles. The highest BCUT2D eigenvalue weighted by atomic mass is 32.2. The molecule has 5 heteroatoms. The fourth-order valence-corrected chi connectivity index (χ4v) is 2.27. The lowest BCUT2D eigenvalue weighted by atomic mass is 10.0. The highest BCUT2D eigenvalue weighted by Gasteiger charge is 2.21. The van der Waals surface area contributed by atoms with Crippen molar-refractivity contribution in [3.8, 4) is 0 Å². The third-order valence-electron chi connectivity index (χ3n) is 2.26. The van der Waals surface area contributed by atoms with E-state index in [0.29, 0.717) is 0 Å². The molecule has 1 heterocycles. The molecule has 0 aromatic rings. The summed E-state index contributed by atoms with van der Waals surface area (Å²) in [7, 11) is -2.34. The average molecular weight is 193 g/mol. The van der Waals surface area contributed by atoms with Crippen molar-refractivity contribution < 1.29 is 13.5 Å². The predicted molar refractivity (Wildman–Crippen MR) is 46.6 cm³/mol. The summed E-state index contributed by atoms with van der Waals surface area (Å²) in [5, 5.41) is 8.94. The van der Waals surface area contributed by atoms with Crippen LogP contribution in [0.5, 0.6) is 0 Å². The van der Waals surface area contributed by atoms with Gasteiger partial charge in [0.25, 0.3) is 0 Å². The summed E-state index contributed by atoms with van der Waals surface area (Å²) < 4.78 is 20.9. The Bertz CT molecular complexity index is 197. The molecular formula is C7H15NO3S. The number of piperidine rings is 1. The van der Waals surface area contributed by atoms with Crippen LogP contribution < -0.4 is 0 Å². The normalized spacial score (nSPS) is 26.3. The molecule has 4 nitrogen and oxygen atoms in total. The lowest BCUT2D eigenvalue weighted by molar-refractivity contribution is 0.107. The number of hydrogen-bond acceptors (Lipinski definition) is 4. The number of aliphatic hydroxyl groups excluding tert-OH is 1. The van der Waals surface area contributed by atoms with Crippen LogP contribution in [0.3, 0.4) is 0 Å². The van der Waals surface area contributed by atoms with Gasteiger partial charge in [0.1, 0.15) is 0 Å². The van der Waals surface area contributed by atoms with Crippen molar-refractivity contribution in [2.24, 2.45) is 0 Å². The van der Waals surface area contributed by atoms with E-state index < -0.39 is 10.7 Å². The lowest BCUT2D eigenvalue weighted by Crippen LogP contribution is -2.42. The van der Waals surface area contributed by atoms with Gasteiger partial charge in [0.15, 0.2) is 10.7 Å². The lowest BCUT2D eigenvalue weighted by Gasteiger charge is -2.32. The van der Waals surface area contributed by atoms with E-state index in [1.807, 2.05) is 4.90 Å². The molecule has 1 fully saturated rings. The molecule has 0 saturated carbocycles. The van der Waals surface area contributed by atoms with Crippen LogP contribution in [0.25, 0.3) is 0 Å². The number of nitrogens with zero attached hydrogens (tertiary/aromatic N) is 1. The van der Waals surface area contributed by atoms with Crippen molar-refractivity contribution in [1.29, 1.82) is 0 Å². The van der Waals surface area contributed by atoms with Crippen molar-refractivity contribution in [1.82, 2.24) is 4.90 Å². The Morgan fingerprint density at radius 2 is 2.17 bits per heavy atom. The van der Waals surface area contributed by atoms with Crippen LogP contribution in [0, 0.1) is 0 Å². The SMILES string of the molecule is O=[SH](=O)CN1CCCCC1CO. The van der Waals surface area contributed by atoms with E-state index in [9.17, 15) is 8.42 Å². The molecule has 12 heavy (non-hydrogen) atoms. The largest absolute Gasteiger partial charge is 0.395 e. The molecule has 1 aliphatic heterocycles. The average Bonchev–Trinajstić information content (AvgIpc) is 2.04. The van der Waals surface area contributed by atoms with Crippen LogP contribution in [0.2, 0.25) is 0 Å².